The predicted molar refractivity (Wildman–Crippen MR) is 71.2 cm³/mol. The molecule has 0 spiro atoms. The lowest BCUT2D eigenvalue weighted by Gasteiger charge is -2.29. The standard InChI is InChI=1S/C13H24N4/c1-11(2)15-13-14-6-9-17(13)10-12-4-7-16(3)8-5-12/h6,9,11-12H,4-5,7-8,10H2,1-3H3,(H,14,15). The largest absolute Gasteiger partial charge is 0.353 e. The van der Waals surface area contributed by atoms with Gasteiger partial charge in [-0.3, -0.25) is 0 Å². The van der Waals surface area contributed by atoms with Gasteiger partial charge in [0.05, 0.1) is 0 Å². The van der Waals surface area contributed by atoms with Crippen LogP contribution in [0.2, 0.25) is 0 Å². The Balaban J connectivity index is 1.92. The predicted octanol–water partition coefficient (Wildman–Crippen LogP) is 2.05. The van der Waals surface area contributed by atoms with Gasteiger partial charge in [0.25, 0.3) is 0 Å². The summed E-state index contributed by atoms with van der Waals surface area (Å²) in [6, 6.07) is 0.439. The molecule has 1 aliphatic heterocycles. The van der Waals surface area contributed by atoms with Crippen molar-refractivity contribution < 1.29 is 0 Å². The highest BCUT2D eigenvalue weighted by molar-refractivity contribution is 5.26. The molecule has 17 heavy (non-hydrogen) atoms. The summed E-state index contributed by atoms with van der Waals surface area (Å²) in [5.74, 6) is 1.81. The van der Waals surface area contributed by atoms with Crippen LogP contribution in [-0.4, -0.2) is 40.6 Å². The topological polar surface area (TPSA) is 33.1 Å². The molecule has 0 amide bonds. The number of nitrogens with zero attached hydrogens (tertiary/aromatic N) is 3. The first-order valence-electron chi connectivity index (χ1n) is 6.61. The van der Waals surface area contributed by atoms with Gasteiger partial charge in [-0.05, 0) is 52.7 Å². The van der Waals surface area contributed by atoms with Crippen LogP contribution < -0.4 is 5.32 Å². The van der Waals surface area contributed by atoms with Crippen molar-refractivity contribution in [1.82, 2.24) is 14.5 Å². The fourth-order valence-corrected chi connectivity index (χ4v) is 2.38. The van der Waals surface area contributed by atoms with Crippen molar-refractivity contribution in [2.75, 3.05) is 25.5 Å². The summed E-state index contributed by atoms with van der Waals surface area (Å²) in [5, 5.41) is 3.39. The van der Waals surface area contributed by atoms with Gasteiger partial charge in [-0.25, -0.2) is 4.98 Å². The first kappa shape index (κ1) is 12.4. The molecule has 96 valence electrons. The molecule has 1 fully saturated rings. The number of rotatable bonds is 4. The number of nitrogens with one attached hydrogen (secondary N) is 1. The third kappa shape index (κ3) is 3.46. The van der Waals surface area contributed by atoms with E-state index in [1.54, 1.807) is 0 Å². The Morgan fingerprint density at radius 1 is 1.41 bits per heavy atom. The molecule has 2 heterocycles. The molecular formula is C13H24N4. The van der Waals surface area contributed by atoms with Gasteiger partial charge in [0.1, 0.15) is 0 Å². The Morgan fingerprint density at radius 3 is 2.76 bits per heavy atom. The van der Waals surface area contributed by atoms with Gasteiger partial charge in [0.2, 0.25) is 5.95 Å². The van der Waals surface area contributed by atoms with Crippen LogP contribution in [0.4, 0.5) is 5.95 Å². The quantitative estimate of drug-likeness (QED) is 0.868. The second-order valence-electron chi connectivity index (χ2n) is 5.45. The molecular weight excluding hydrogens is 212 g/mol. The Morgan fingerprint density at radius 2 is 2.12 bits per heavy atom. The van der Waals surface area contributed by atoms with E-state index < -0.39 is 0 Å². The van der Waals surface area contributed by atoms with Crippen LogP contribution in [0.15, 0.2) is 12.4 Å². The van der Waals surface area contributed by atoms with Crippen molar-refractivity contribution in [3.05, 3.63) is 12.4 Å². The first-order valence-corrected chi connectivity index (χ1v) is 6.61. The first-order chi connectivity index (χ1) is 8.15. The molecule has 1 saturated heterocycles. The molecule has 0 aromatic carbocycles. The van der Waals surface area contributed by atoms with Gasteiger partial charge in [0, 0.05) is 25.0 Å². The number of imidazole rings is 1. The van der Waals surface area contributed by atoms with Crippen LogP contribution in [0.5, 0.6) is 0 Å². The zero-order chi connectivity index (χ0) is 12.3. The second kappa shape index (κ2) is 5.54. The van der Waals surface area contributed by atoms with E-state index in [2.05, 4.69) is 46.9 Å². The zero-order valence-electron chi connectivity index (χ0n) is 11.2. The van der Waals surface area contributed by atoms with Gasteiger partial charge in [-0.2, -0.15) is 0 Å². The lowest BCUT2D eigenvalue weighted by Crippen LogP contribution is -2.32. The average molecular weight is 236 g/mol. The van der Waals surface area contributed by atoms with Crippen molar-refractivity contribution in [2.45, 2.75) is 39.3 Å². The number of likely N-dealkylation sites (tertiary alicyclic amines) is 1. The minimum absolute atomic E-state index is 0.439. The van der Waals surface area contributed by atoms with E-state index in [1.807, 2.05) is 6.20 Å². The maximum Gasteiger partial charge on any atom is 0.202 e. The smallest absolute Gasteiger partial charge is 0.202 e. The fourth-order valence-electron chi connectivity index (χ4n) is 2.38. The van der Waals surface area contributed by atoms with Crippen molar-refractivity contribution in [1.29, 1.82) is 0 Å². The summed E-state index contributed by atoms with van der Waals surface area (Å²) in [4.78, 5) is 6.79. The molecule has 0 radical (unpaired) electrons. The highest BCUT2D eigenvalue weighted by Gasteiger charge is 2.18. The monoisotopic (exact) mass is 236 g/mol. The minimum Gasteiger partial charge on any atom is -0.353 e. The lowest BCUT2D eigenvalue weighted by molar-refractivity contribution is 0.205. The lowest BCUT2D eigenvalue weighted by atomic mass is 9.97. The van der Waals surface area contributed by atoms with E-state index in [0.29, 0.717) is 6.04 Å². The molecule has 1 aromatic rings. The Labute approximate surface area is 104 Å². The molecule has 1 N–H and O–H groups in total. The van der Waals surface area contributed by atoms with Gasteiger partial charge in [0.15, 0.2) is 0 Å². The van der Waals surface area contributed by atoms with Crippen LogP contribution in [0, 0.1) is 5.92 Å². The van der Waals surface area contributed by atoms with Crippen molar-refractivity contribution in [3.8, 4) is 0 Å². The molecule has 0 saturated carbocycles. The third-order valence-corrected chi connectivity index (χ3v) is 3.43. The van der Waals surface area contributed by atoms with E-state index >= 15 is 0 Å². The van der Waals surface area contributed by atoms with Crippen LogP contribution in [0.25, 0.3) is 0 Å². The summed E-state index contributed by atoms with van der Waals surface area (Å²) in [6.07, 6.45) is 6.58. The Bertz CT molecular complexity index is 337. The molecule has 2 rings (SSSR count). The number of hydrogen-bond acceptors (Lipinski definition) is 3. The van der Waals surface area contributed by atoms with Gasteiger partial charge < -0.3 is 14.8 Å². The summed E-state index contributed by atoms with van der Waals surface area (Å²) < 4.78 is 2.26. The molecule has 4 nitrogen and oxygen atoms in total. The number of piperidine rings is 1. The molecule has 4 heteroatoms. The maximum atomic E-state index is 4.38. The fraction of sp³-hybridized carbons (Fsp3) is 0.769. The molecule has 1 aromatic heterocycles. The third-order valence-electron chi connectivity index (χ3n) is 3.43. The normalized spacial score (nSPS) is 18.8. The van der Waals surface area contributed by atoms with E-state index in [4.69, 9.17) is 0 Å². The zero-order valence-corrected chi connectivity index (χ0v) is 11.2. The van der Waals surface area contributed by atoms with E-state index in [0.717, 1.165) is 18.4 Å². The number of aromatic nitrogens is 2. The Kier molecular flexibility index (Phi) is 4.05. The summed E-state index contributed by atoms with van der Waals surface area (Å²) in [7, 11) is 2.21. The minimum atomic E-state index is 0.439. The van der Waals surface area contributed by atoms with Crippen LogP contribution in [0.1, 0.15) is 26.7 Å². The molecule has 0 aliphatic carbocycles. The van der Waals surface area contributed by atoms with Crippen LogP contribution in [0.3, 0.4) is 0 Å². The molecule has 0 unspecified atom stereocenters. The summed E-state index contributed by atoms with van der Waals surface area (Å²) >= 11 is 0. The van der Waals surface area contributed by atoms with Crippen LogP contribution >= 0.6 is 0 Å². The maximum absolute atomic E-state index is 4.38. The Hall–Kier alpha value is -1.03. The highest BCUT2D eigenvalue weighted by Crippen LogP contribution is 2.19. The summed E-state index contributed by atoms with van der Waals surface area (Å²) in [5.41, 5.74) is 0. The number of anilines is 1. The van der Waals surface area contributed by atoms with Gasteiger partial charge in [-0.1, -0.05) is 0 Å². The van der Waals surface area contributed by atoms with Crippen molar-refractivity contribution in [2.24, 2.45) is 5.92 Å². The SMILES string of the molecule is CC(C)Nc1nccn1CC1CCN(C)CC1. The van der Waals surface area contributed by atoms with Gasteiger partial charge >= 0.3 is 0 Å². The van der Waals surface area contributed by atoms with Crippen molar-refractivity contribution >= 4 is 5.95 Å². The van der Waals surface area contributed by atoms with E-state index in [-0.39, 0.29) is 0 Å². The highest BCUT2D eigenvalue weighted by atomic mass is 15.2. The van der Waals surface area contributed by atoms with Gasteiger partial charge in [-0.15, -0.1) is 0 Å². The van der Waals surface area contributed by atoms with Crippen LogP contribution in [-0.2, 0) is 6.54 Å². The van der Waals surface area contributed by atoms with E-state index in [9.17, 15) is 0 Å². The van der Waals surface area contributed by atoms with E-state index in [1.165, 1.54) is 25.9 Å². The average Bonchev–Trinajstić information content (AvgIpc) is 2.68. The summed E-state index contributed by atoms with van der Waals surface area (Å²) in [6.45, 7) is 7.85. The molecule has 0 bridgehead atoms. The molecule has 1 aliphatic rings. The second-order valence-corrected chi connectivity index (χ2v) is 5.45. The molecule has 0 atom stereocenters. The van der Waals surface area contributed by atoms with Crippen molar-refractivity contribution in [3.63, 3.8) is 0 Å². The number of hydrogen-bond donors (Lipinski definition) is 1.